The lowest BCUT2D eigenvalue weighted by Gasteiger charge is -2.38. The van der Waals surface area contributed by atoms with Gasteiger partial charge in [-0.15, -0.1) is 0 Å². The number of methoxy groups -OCH3 is 2. The highest BCUT2D eigenvalue weighted by atomic mass is 16.7. The highest BCUT2D eigenvalue weighted by Crippen LogP contribution is 2.55. The number of cyclic esters (lactones) is 1. The van der Waals surface area contributed by atoms with Gasteiger partial charge in [0.2, 0.25) is 12.5 Å². The predicted octanol–water partition coefficient (Wildman–Crippen LogP) is 1.52. The number of hydrogen-bond donors (Lipinski definition) is 2. The van der Waals surface area contributed by atoms with Crippen molar-refractivity contribution < 1.29 is 43.4 Å². The second-order valence-corrected chi connectivity index (χ2v) is 7.03. The van der Waals surface area contributed by atoms with Crippen LogP contribution in [0.25, 0.3) is 0 Å². The Bertz CT molecular complexity index is 992. The number of fused-ring (bicyclic) bond motifs is 3. The minimum atomic E-state index is -1.85. The maximum Gasteiger partial charge on any atom is 0.317 e. The zero-order valence-corrected chi connectivity index (χ0v) is 15.6. The molecule has 9 heteroatoms. The van der Waals surface area contributed by atoms with Gasteiger partial charge in [-0.1, -0.05) is 0 Å². The third kappa shape index (κ3) is 2.47. The molecule has 3 aliphatic heterocycles. The second-order valence-electron chi connectivity index (χ2n) is 7.03. The summed E-state index contributed by atoms with van der Waals surface area (Å²) in [6.07, 6.45) is 0. The first-order valence-electron chi connectivity index (χ1n) is 8.91. The largest absolute Gasteiger partial charge is 0.502 e. The van der Waals surface area contributed by atoms with Crippen LogP contribution in [-0.4, -0.2) is 49.6 Å². The molecule has 0 bridgehead atoms. The van der Waals surface area contributed by atoms with Crippen molar-refractivity contribution in [2.75, 3.05) is 27.6 Å². The highest BCUT2D eigenvalue weighted by molar-refractivity contribution is 5.80. The number of ether oxygens (including phenoxy) is 6. The van der Waals surface area contributed by atoms with Gasteiger partial charge < -0.3 is 38.6 Å². The van der Waals surface area contributed by atoms with Crippen molar-refractivity contribution in [1.29, 1.82) is 0 Å². The maximum atomic E-state index is 12.6. The topological polar surface area (TPSA) is 113 Å². The molecule has 0 unspecified atom stereocenters. The van der Waals surface area contributed by atoms with E-state index in [1.807, 2.05) is 0 Å². The Morgan fingerprint density at radius 1 is 1.00 bits per heavy atom. The smallest absolute Gasteiger partial charge is 0.317 e. The number of aliphatic hydroxyl groups is 1. The summed E-state index contributed by atoms with van der Waals surface area (Å²) in [5.41, 5.74) is 1.18. The van der Waals surface area contributed by atoms with E-state index in [9.17, 15) is 15.0 Å². The lowest BCUT2D eigenvalue weighted by molar-refractivity contribution is -0.173. The number of hydrogen-bond acceptors (Lipinski definition) is 9. The first-order valence-corrected chi connectivity index (χ1v) is 8.91. The van der Waals surface area contributed by atoms with Crippen molar-refractivity contribution in [2.45, 2.75) is 11.7 Å². The van der Waals surface area contributed by atoms with Crippen LogP contribution in [0.5, 0.6) is 34.5 Å². The molecule has 2 N–H and O–H groups in total. The fraction of sp³-hybridized carbons (Fsp3) is 0.350. The molecule has 0 aliphatic carbocycles. The van der Waals surface area contributed by atoms with Gasteiger partial charge in [-0.2, -0.15) is 0 Å². The Morgan fingerprint density at radius 3 is 2.31 bits per heavy atom. The Balaban J connectivity index is 1.75. The summed E-state index contributed by atoms with van der Waals surface area (Å²) in [5, 5.41) is 21.3. The quantitative estimate of drug-likeness (QED) is 0.738. The first kappa shape index (κ1) is 17.7. The van der Waals surface area contributed by atoms with E-state index in [-0.39, 0.29) is 30.6 Å². The molecule has 9 nitrogen and oxygen atoms in total. The summed E-state index contributed by atoms with van der Waals surface area (Å²) < 4.78 is 32.3. The fourth-order valence-electron chi connectivity index (χ4n) is 4.13. The minimum absolute atomic E-state index is 0.0689. The van der Waals surface area contributed by atoms with Crippen molar-refractivity contribution in [3.8, 4) is 34.5 Å². The zero-order chi connectivity index (χ0) is 20.3. The lowest BCUT2D eigenvalue weighted by Crippen LogP contribution is -2.50. The summed E-state index contributed by atoms with van der Waals surface area (Å²) in [6, 6.07) is 6.53. The predicted molar refractivity (Wildman–Crippen MR) is 95.6 cm³/mol. The van der Waals surface area contributed by atoms with E-state index in [1.165, 1.54) is 14.2 Å². The third-order valence-electron chi connectivity index (χ3n) is 5.48. The van der Waals surface area contributed by atoms with Crippen LogP contribution in [-0.2, 0) is 9.53 Å². The van der Waals surface area contributed by atoms with Gasteiger partial charge in [-0.25, -0.2) is 0 Å². The molecule has 152 valence electrons. The Labute approximate surface area is 165 Å². The summed E-state index contributed by atoms with van der Waals surface area (Å²) in [7, 11) is 2.82. The van der Waals surface area contributed by atoms with Gasteiger partial charge in [-0.3, -0.25) is 4.79 Å². The molecule has 0 radical (unpaired) electrons. The van der Waals surface area contributed by atoms with Crippen LogP contribution in [0.1, 0.15) is 17.0 Å². The normalized spacial score (nSPS) is 26.2. The summed E-state index contributed by atoms with van der Waals surface area (Å²) in [6.45, 7) is -0.229. The summed E-state index contributed by atoms with van der Waals surface area (Å²) >= 11 is 0. The van der Waals surface area contributed by atoms with Crippen LogP contribution in [0.15, 0.2) is 24.3 Å². The van der Waals surface area contributed by atoms with Crippen molar-refractivity contribution in [3.05, 3.63) is 35.4 Å². The average molecular weight is 402 g/mol. The van der Waals surface area contributed by atoms with Gasteiger partial charge in [0.1, 0.15) is 11.7 Å². The van der Waals surface area contributed by atoms with Crippen molar-refractivity contribution >= 4 is 5.97 Å². The molecule has 0 aromatic heterocycles. The lowest BCUT2D eigenvalue weighted by atomic mass is 9.75. The van der Waals surface area contributed by atoms with E-state index in [0.29, 0.717) is 28.4 Å². The molecule has 2 aromatic rings. The molecule has 0 spiro atoms. The zero-order valence-electron chi connectivity index (χ0n) is 15.6. The minimum Gasteiger partial charge on any atom is -0.502 e. The Kier molecular flexibility index (Phi) is 3.72. The van der Waals surface area contributed by atoms with Crippen LogP contribution >= 0.6 is 0 Å². The molecule has 5 rings (SSSR count). The number of rotatable bonds is 3. The average Bonchev–Trinajstić information content (AvgIpc) is 3.28. The van der Waals surface area contributed by atoms with E-state index in [0.717, 1.165) is 0 Å². The molecule has 2 aromatic carbocycles. The monoisotopic (exact) mass is 402 g/mol. The SMILES string of the molecule is COc1cc([C@@H]2c3cc4c(cc3O[C@@]3(O)COC(=O)[C@@H]23)OCO4)cc(OC)c1O. The molecule has 1 fully saturated rings. The second kappa shape index (κ2) is 6.08. The molecule has 3 atom stereocenters. The van der Waals surface area contributed by atoms with Crippen molar-refractivity contribution in [2.24, 2.45) is 5.92 Å². The highest BCUT2D eigenvalue weighted by Gasteiger charge is 2.59. The standard InChI is InChI=1S/C20H18O9/c1-24-14-3-9(4-15(25-2)18(14)21)16-10-5-12-13(28-8-27-12)6-11(10)29-20(23)7-26-19(22)17(16)20/h3-6,16-17,21,23H,7-8H2,1-2H3/t16-,17-,20+/m1/s1. The van der Waals surface area contributed by atoms with Crippen LogP contribution in [0.4, 0.5) is 0 Å². The van der Waals surface area contributed by atoms with E-state index in [1.54, 1.807) is 24.3 Å². The van der Waals surface area contributed by atoms with Crippen molar-refractivity contribution in [3.63, 3.8) is 0 Å². The third-order valence-corrected chi connectivity index (χ3v) is 5.48. The Morgan fingerprint density at radius 2 is 1.66 bits per heavy atom. The number of aromatic hydroxyl groups is 1. The van der Waals surface area contributed by atoms with E-state index < -0.39 is 23.6 Å². The summed E-state index contributed by atoms with van der Waals surface area (Å²) in [4.78, 5) is 12.6. The van der Waals surface area contributed by atoms with Gasteiger partial charge in [-0.05, 0) is 23.8 Å². The number of carbonyl (C=O) groups excluding carboxylic acids is 1. The number of carbonyl (C=O) groups is 1. The Hall–Kier alpha value is -3.33. The summed E-state index contributed by atoms with van der Waals surface area (Å²) in [5.74, 6) is -2.63. The molecule has 0 amide bonds. The van der Waals surface area contributed by atoms with Crippen molar-refractivity contribution in [1.82, 2.24) is 0 Å². The van der Waals surface area contributed by atoms with Crippen LogP contribution in [0, 0.1) is 5.92 Å². The molecular formula is C20H18O9. The number of benzene rings is 2. The van der Waals surface area contributed by atoms with Gasteiger partial charge in [0, 0.05) is 17.5 Å². The molecule has 29 heavy (non-hydrogen) atoms. The van der Waals surface area contributed by atoms with Crippen LogP contribution in [0.3, 0.4) is 0 Å². The van der Waals surface area contributed by atoms with Gasteiger partial charge in [0.05, 0.1) is 14.2 Å². The number of phenolic OH excluding ortho intramolecular Hbond substituents is 1. The molecule has 3 aliphatic rings. The van der Waals surface area contributed by atoms with E-state index >= 15 is 0 Å². The van der Waals surface area contributed by atoms with E-state index in [2.05, 4.69) is 0 Å². The first-order chi connectivity index (χ1) is 13.9. The molecule has 3 heterocycles. The molecule has 0 saturated carbocycles. The number of phenols is 1. The maximum absolute atomic E-state index is 12.6. The van der Waals surface area contributed by atoms with E-state index in [4.69, 9.17) is 28.4 Å². The van der Waals surface area contributed by atoms with Crippen LogP contribution in [0.2, 0.25) is 0 Å². The number of esters is 1. The van der Waals surface area contributed by atoms with Gasteiger partial charge in [0.25, 0.3) is 5.79 Å². The van der Waals surface area contributed by atoms with Gasteiger partial charge in [0.15, 0.2) is 29.6 Å². The fourth-order valence-corrected chi connectivity index (χ4v) is 4.13. The van der Waals surface area contributed by atoms with Crippen LogP contribution < -0.4 is 23.7 Å². The molecular weight excluding hydrogens is 384 g/mol. The molecule has 1 saturated heterocycles. The van der Waals surface area contributed by atoms with Gasteiger partial charge >= 0.3 is 5.97 Å².